The van der Waals surface area contributed by atoms with Gasteiger partial charge in [0.1, 0.15) is 0 Å². The monoisotopic (exact) mass is 286 g/mol. The van der Waals surface area contributed by atoms with Gasteiger partial charge in [-0.3, -0.25) is 9.48 Å². The fraction of sp³-hybridized carbons (Fsp3) is 0.429. The lowest BCUT2D eigenvalue weighted by Gasteiger charge is -2.33. The fourth-order valence-electron chi connectivity index (χ4n) is 2.62. The van der Waals surface area contributed by atoms with Gasteiger partial charge in [-0.1, -0.05) is 0 Å². The minimum Gasteiger partial charge on any atom is -0.354 e. The molecule has 1 fully saturated rings. The van der Waals surface area contributed by atoms with Crippen LogP contribution < -0.4 is 10.2 Å². The molecule has 0 radical (unpaired) electrons. The second-order valence-corrected chi connectivity index (χ2v) is 5.08. The zero-order valence-electron chi connectivity index (χ0n) is 11.9. The molecule has 110 valence electrons. The summed E-state index contributed by atoms with van der Waals surface area (Å²) in [5.41, 5.74) is 0.335. The Morgan fingerprint density at radius 2 is 2.29 bits per heavy atom. The highest BCUT2D eigenvalue weighted by atomic mass is 16.1. The van der Waals surface area contributed by atoms with Crippen LogP contribution in [0.5, 0.6) is 0 Å². The van der Waals surface area contributed by atoms with Crippen molar-refractivity contribution in [2.75, 3.05) is 25.0 Å². The average Bonchev–Trinajstić information content (AvgIpc) is 3.09. The summed E-state index contributed by atoms with van der Waals surface area (Å²) in [6.07, 6.45) is 6.00. The van der Waals surface area contributed by atoms with Crippen LogP contribution in [0, 0.1) is 0 Å². The fourth-order valence-corrected chi connectivity index (χ4v) is 2.62. The molecule has 1 amide bonds. The van der Waals surface area contributed by atoms with Crippen molar-refractivity contribution in [3.05, 3.63) is 36.3 Å². The molecule has 1 aliphatic heterocycles. The van der Waals surface area contributed by atoms with Crippen LogP contribution in [0.1, 0.15) is 29.4 Å². The van der Waals surface area contributed by atoms with Gasteiger partial charge < -0.3 is 10.2 Å². The van der Waals surface area contributed by atoms with E-state index < -0.39 is 0 Å². The van der Waals surface area contributed by atoms with Gasteiger partial charge in [0.05, 0.1) is 6.04 Å². The maximum absolute atomic E-state index is 11.5. The third-order valence-corrected chi connectivity index (χ3v) is 3.73. The molecule has 1 saturated heterocycles. The summed E-state index contributed by atoms with van der Waals surface area (Å²) < 4.78 is 2.00. The summed E-state index contributed by atoms with van der Waals surface area (Å²) in [4.78, 5) is 13.7. The minimum absolute atomic E-state index is 0.220. The van der Waals surface area contributed by atoms with E-state index in [1.54, 1.807) is 19.3 Å². The maximum Gasteiger partial charge on any atom is 0.271 e. The lowest BCUT2D eigenvalue weighted by Crippen LogP contribution is -2.37. The summed E-state index contributed by atoms with van der Waals surface area (Å²) in [5.74, 6) is 0.585. The topological polar surface area (TPSA) is 75.9 Å². The quantitative estimate of drug-likeness (QED) is 0.906. The Morgan fingerprint density at radius 3 is 2.95 bits per heavy atom. The Hall–Kier alpha value is -2.44. The first-order chi connectivity index (χ1) is 10.3. The first kappa shape index (κ1) is 13.5. The number of hydrogen-bond acceptors (Lipinski definition) is 5. The van der Waals surface area contributed by atoms with Gasteiger partial charge in [0.25, 0.3) is 5.91 Å². The van der Waals surface area contributed by atoms with Crippen molar-refractivity contribution in [3.63, 3.8) is 0 Å². The molecule has 1 unspecified atom stereocenters. The van der Waals surface area contributed by atoms with Crippen LogP contribution >= 0.6 is 0 Å². The minimum atomic E-state index is -0.220. The lowest BCUT2D eigenvalue weighted by atomic mass is 10.1. The third kappa shape index (κ3) is 2.86. The maximum atomic E-state index is 11.5. The summed E-state index contributed by atoms with van der Waals surface area (Å²) in [6, 6.07) is 5.85. The smallest absolute Gasteiger partial charge is 0.271 e. The number of carbonyl (C=O) groups is 1. The van der Waals surface area contributed by atoms with Gasteiger partial charge in [0.2, 0.25) is 0 Å². The Balaban J connectivity index is 1.73. The average molecular weight is 286 g/mol. The van der Waals surface area contributed by atoms with Crippen LogP contribution in [-0.2, 0) is 0 Å². The molecule has 1 aliphatic rings. The SMILES string of the molecule is CNC(=O)c1ccc(N2CCCC(n3cccn3)C2)nn1. The highest BCUT2D eigenvalue weighted by Gasteiger charge is 2.22. The number of aromatic nitrogens is 4. The molecule has 2 aromatic heterocycles. The third-order valence-electron chi connectivity index (χ3n) is 3.73. The number of piperidine rings is 1. The number of anilines is 1. The van der Waals surface area contributed by atoms with E-state index in [0.717, 1.165) is 31.7 Å². The van der Waals surface area contributed by atoms with Gasteiger partial charge in [-0.05, 0) is 31.0 Å². The van der Waals surface area contributed by atoms with Crippen LogP contribution in [0.15, 0.2) is 30.6 Å². The van der Waals surface area contributed by atoms with E-state index in [1.807, 2.05) is 23.0 Å². The molecule has 21 heavy (non-hydrogen) atoms. The first-order valence-electron chi connectivity index (χ1n) is 7.08. The van der Waals surface area contributed by atoms with Crippen LogP contribution in [0.2, 0.25) is 0 Å². The number of nitrogens with one attached hydrogen (secondary N) is 1. The summed E-state index contributed by atoms with van der Waals surface area (Å²) in [5, 5.41) is 15.0. The van der Waals surface area contributed by atoms with E-state index in [-0.39, 0.29) is 5.91 Å². The van der Waals surface area contributed by atoms with Crippen LogP contribution in [0.25, 0.3) is 0 Å². The predicted octanol–water partition coefficient (Wildman–Crippen LogP) is 0.874. The summed E-state index contributed by atoms with van der Waals surface area (Å²) in [7, 11) is 1.58. The van der Waals surface area contributed by atoms with Crippen LogP contribution in [-0.4, -0.2) is 46.0 Å². The van der Waals surface area contributed by atoms with Gasteiger partial charge in [-0.25, -0.2) is 0 Å². The number of rotatable bonds is 3. The molecular formula is C14H18N6O. The molecule has 0 aliphatic carbocycles. The van der Waals surface area contributed by atoms with E-state index in [2.05, 4.69) is 25.5 Å². The van der Waals surface area contributed by atoms with Crippen molar-refractivity contribution in [3.8, 4) is 0 Å². The highest BCUT2D eigenvalue weighted by molar-refractivity contribution is 5.91. The Kier molecular flexibility index (Phi) is 3.81. The molecule has 0 aromatic carbocycles. The zero-order valence-corrected chi connectivity index (χ0v) is 11.9. The van der Waals surface area contributed by atoms with Gasteiger partial charge in [0, 0.05) is 32.5 Å². The van der Waals surface area contributed by atoms with Crippen molar-refractivity contribution < 1.29 is 4.79 Å². The van der Waals surface area contributed by atoms with E-state index >= 15 is 0 Å². The van der Waals surface area contributed by atoms with Crippen molar-refractivity contribution in [1.82, 2.24) is 25.3 Å². The summed E-state index contributed by atoms with van der Waals surface area (Å²) in [6.45, 7) is 1.81. The number of hydrogen-bond donors (Lipinski definition) is 1. The molecular weight excluding hydrogens is 268 g/mol. The van der Waals surface area contributed by atoms with Crippen molar-refractivity contribution >= 4 is 11.7 Å². The molecule has 0 saturated carbocycles. The molecule has 7 nitrogen and oxygen atoms in total. The molecule has 0 spiro atoms. The van der Waals surface area contributed by atoms with Gasteiger partial charge in [-0.2, -0.15) is 5.10 Å². The number of amides is 1. The van der Waals surface area contributed by atoms with Gasteiger partial charge in [-0.15, -0.1) is 10.2 Å². The van der Waals surface area contributed by atoms with Crippen LogP contribution in [0.4, 0.5) is 5.82 Å². The van der Waals surface area contributed by atoms with E-state index in [1.165, 1.54) is 0 Å². The molecule has 1 atom stereocenters. The first-order valence-corrected chi connectivity index (χ1v) is 7.08. The molecule has 7 heteroatoms. The Labute approximate surface area is 123 Å². The number of carbonyl (C=O) groups excluding carboxylic acids is 1. The normalized spacial score (nSPS) is 18.5. The second kappa shape index (κ2) is 5.90. The van der Waals surface area contributed by atoms with Crippen LogP contribution in [0.3, 0.4) is 0 Å². The largest absolute Gasteiger partial charge is 0.354 e. The second-order valence-electron chi connectivity index (χ2n) is 5.08. The van der Waals surface area contributed by atoms with Crippen molar-refractivity contribution in [2.24, 2.45) is 0 Å². The Bertz CT molecular complexity index is 594. The van der Waals surface area contributed by atoms with E-state index in [4.69, 9.17) is 0 Å². The zero-order chi connectivity index (χ0) is 14.7. The molecule has 3 heterocycles. The molecule has 1 N–H and O–H groups in total. The van der Waals surface area contributed by atoms with E-state index in [0.29, 0.717) is 11.7 Å². The molecule has 2 aromatic rings. The number of nitrogens with zero attached hydrogens (tertiary/aromatic N) is 5. The Morgan fingerprint density at radius 1 is 1.38 bits per heavy atom. The molecule has 0 bridgehead atoms. The lowest BCUT2D eigenvalue weighted by molar-refractivity contribution is 0.0957. The predicted molar refractivity (Wildman–Crippen MR) is 78.1 cm³/mol. The highest BCUT2D eigenvalue weighted by Crippen LogP contribution is 2.24. The van der Waals surface area contributed by atoms with Gasteiger partial charge in [0.15, 0.2) is 11.5 Å². The van der Waals surface area contributed by atoms with Crippen molar-refractivity contribution in [2.45, 2.75) is 18.9 Å². The van der Waals surface area contributed by atoms with Crippen molar-refractivity contribution in [1.29, 1.82) is 0 Å². The molecule has 3 rings (SSSR count). The standard InChI is InChI=1S/C14H18N6O/c1-15-14(21)12-5-6-13(18-17-12)19-8-2-4-11(10-19)20-9-3-7-16-20/h3,5-7,9,11H,2,4,8,10H2,1H3,(H,15,21). The van der Waals surface area contributed by atoms with E-state index in [9.17, 15) is 4.79 Å². The van der Waals surface area contributed by atoms with Gasteiger partial charge >= 0.3 is 0 Å². The summed E-state index contributed by atoms with van der Waals surface area (Å²) >= 11 is 0.